The van der Waals surface area contributed by atoms with Crippen molar-refractivity contribution >= 4 is 22.2 Å². The highest BCUT2D eigenvalue weighted by atomic mass is 32.1. The zero-order chi connectivity index (χ0) is 18.2. The van der Waals surface area contributed by atoms with E-state index in [9.17, 15) is 0 Å². The van der Waals surface area contributed by atoms with Crippen LogP contribution in [0.25, 0.3) is 22.0 Å². The minimum atomic E-state index is 0.343. The van der Waals surface area contributed by atoms with Gasteiger partial charge in [-0.3, -0.25) is 0 Å². The molecule has 0 amide bonds. The molecule has 2 aromatic carbocycles. The third-order valence-electron chi connectivity index (χ3n) is 5.81. The Morgan fingerprint density at radius 1 is 1.07 bits per heavy atom. The topological polar surface area (TPSA) is 27.8 Å². The molecule has 27 heavy (non-hydrogen) atoms. The summed E-state index contributed by atoms with van der Waals surface area (Å²) < 4.78 is 0. The summed E-state index contributed by atoms with van der Waals surface area (Å²) in [6, 6.07) is 20.5. The van der Waals surface area contributed by atoms with Crippen LogP contribution < -0.4 is 5.32 Å². The van der Waals surface area contributed by atoms with Gasteiger partial charge < -0.3 is 10.3 Å². The number of benzene rings is 2. The Morgan fingerprint density at radius 3 is 2.78 bits per heavy atom. The molecule has 0 radical (unpaired) electrons. The van der Waals surface area contributed by atoms with E-state index in [1.807, 2.05) is 0 Å². The van der Waals surface area contributed by atoms with Gasteiger partial charge in [-0.05, 0) is 77.4 Å². The molecule has 4 aromatic rings. The number of aromatic amines is 1. The average Bonchev–Trinajstić information content (AvgIpc) is 3.37. The molecule has 0 bridgehead atoms. The Balaban J connectivity index is 1.49. The molecule has 2 atom stereocenters. The minimum Gasteiger partial charge on any atom is -0.357 e. The van der Waals surface area contributed by atoms with Gasteiger partial charge in [-0.2, -0.15) is 11.3 Å². The Bertz CT molecular complexity index is 1050. The smallest absolute Gasteiger partial charge is 0.0480 e. The third kappa shape index (κ3) is 3.11. The normalized spacial score (nSPS) is 17.7. The van der Waals surface area contributed by atoms with Gasteiger partial charge >= 0.3 is 0 Å². The number of hydrogen-bond acceptors (Lipinski definition) is 2. The number of nitrogens with one attached hydrogen (secondary N) is 2. The van der Waals surface area contributed by atoms with Crippen molar-refractivity contribution in [3.63, 3.8) is 0 Å². The van der Waals surface area contributed by atoms with Crippen LogP contribution in [0.15, 0.2) is 65.4 Å². The van der Waals surface area contributed by atoms with Crippen LogP contribution in [0.3, 0.4) is 0 Å². The summed E-state index contributed by atoms with van der Waals surface area (Å²) in [5.74, 6) is 0. The predicted molar refractivity (Wildman–Crippen MR) is 115 cm³/mol. The Hall–Kier alpha value is -2.36. The van der Waals surface area contributed by atoms with Crippen LogP contribution in [-0.4, -0.2) is 4.98 Å². The van der Waals surface area contributed by atoms with Gasteiger partial charge in [0.1, 0.15) is 0 Å². The van der Waals surface area contributed by atoms with E-state index in [1.165, 1.54) is 58.1 Å². The molecule has 2 aromatic heterocycles. The number of aromatic nitrogens is 1. The van der Waals surface area contributed by atoms with E-state index in [-0.39, 0.29) is 0 Å². The van der Waals surface area contributed by atoms with Gasteiger partial charge in [-0.25, -0.2) is 0 Å². The first-order chi connectivity index (χ1) is 13.3. The summed E-state index contributed by atoms with van der Waals surface area (Å²) in [6.45, 7) is 2.26. The second kappa shape index (κ2) is 6.99. The van der Waals surface area contributed by atoms with Crippen molar-refractivity contribution in [2.24, 2.45) is 0 Å². The van der Waals surface area contributed by atoms with Crippen molar-refractivity contribution in [2.75, 3.05) is 0 Å². The molecule has 0 aliphatic heterocycles. The molecule has 1 aliphatic carbocycles. The molecule has 2 unspecified atom stereocenters. The van der Waals surface area contributed by atoms with E-state index in [0.717, 1.165) is 0 Å². The van der Waals surface area contributed by atoms with Crippen LogP contribution in [0.1, 0.15) is 48.7 Å². The van der Waals surface area contributed by atoms with Crippen molar-refractivity contribution < 1.29 is 0 Å². The van der Waals surface area contributed by atoms with Crippen molar-refractivity contribution in [2.45, 2.75) is 38.3 Å². The van der Waals surface area contributed by atoms with E-state index in [1.54, 1.807) is 11.3 Å². The van der Waals surface area contributed by atoms with Crippen LogP contribution in [-0.2, 0) is 6.42 Å². The molecule has 0 saturated carbocycles. The van der Waals surface area contributed by atoms with Crippen LogP contribution >= 0.6 is 11.3 Å². The summed E-state index contributed by atoms with van der Waals surface area (Å²) in [5, 5.41) is 9.64. The van der Waals surface area contributed by atoms with E-state index < -0.39 is 0 Å². The van der Waals surface area contributed by atoms with Crippen molar-refractivity contribution in [3.05, 3.63) is 82.2 Å². The number of aryl methyl sites for hydroxylation is 1. The first-order valence-corrected chi connectivity index (χ1v) is 10.7. The third-order valence-corrected chi connectivity index (χ3v) is 6.50. The number of rotatable bonds is 4. The second-order valence-corrected chi connectivity index (χ2v) is 8.31. The molecule has 3 heteroatoms. The highest BCUT2D eigenvalue weighted by Crippen LogP contribution is 2.37. The fourth-order valence-corrected chi connectivity index (χ4v) is 5.04. The zero-order valence-corrected chi connectivity index (χ0v) is 16.4. The van der Waals surface area contributed by atoms with Crippen LogP contribution in [0.5, 0.6) is 0 Å². The van der Waals surface area contributed by atoms with Crippen LogP contribution in [0.2, 0.25) is 0 Å². The van der Waals surface area contributed by atoms with Gasteiger partial charge in [0, 0.05) is 28.7 Å². The fourth-order valence-electron chi connectivity index (χ4n) is 4.38. The molecule has 0 spiro atoms. The fraction of sp³-hybridized carbons (Fsp3) is 0.250. The first-order valence-electron chi connectivity index (χ1n) is 9.77. The van der Waals surface area contributed by atoms with Crippen molar-refractivity contribution in [3.8, 4) is 11.1 Å². The van der Waals surface area contributed by atoms with Gasteiger partial charge in [-0.1, -0.05) is 36.4 Å². The molecule has 1 aliphatic rings. The second-order valence-electron chi connectivity index (χ2n) is 7.53. The average molecular weight is 373 g/mol. The standard InChI is InChI=1S/C24H24N2S/c1-16(17-6-3-2-4-7-17)25-23-9-5-8-20-21-14-18(19-12-13-27-15-19)10-11-22(21)26-24(20)23/h2-4,6-7,10-16,23,25-26H,5,8-9H2,1H3. The van der Waals surface area contributed by atoms with Crippen molar-refractivity contribution in [1.82, 2.24) is 10.3 Å². The van der Waals surface area contributed by atoms with Crippen LogP contribution in [0, 0.1) is 0 Å². The quantitative estimate of drug-likeness (QED) is 0.414. The number of hydrogen-bond donors (Lipinski definition) is 2. The maximum absolute atomic E-state index is 3.86. The van der Waals surface area contributed by atoms with E-state index in [0.29, 0.717) is 12.1 Å². The molecule has 0 saturated heterocycles. The van der Waals surface area contributed by atoms with E-state index in [2.05, 4.69) is 82.6 Å². The lowest BCUT2D eigenvalue weighted by atomic mass is 9.90. The van der Waals surface area contributed by atoms with Gasteiger partial charge in [0.25, 0.3) is 0 Å². The largest absolute Gasteiger partial charge is 0.357 e. The molecule has 2 N–H and O–H groups in total. The van der Waals surface area contributed by atoms with Crippen LogP contribution in [0.4, 0.5) is 0 Å². The summed E-state index contributed by atoms with van der Waals surface area (Å²) in [6.07, 6.45) is 3.59. The lowest BCUT2D eigenvalue weighted by Crippen LogP contribution is -2.27. The summed E-state index contributed by atoms with van der Waals surface area (Å²) in [4.78, 5) is 3.74. The Labute approximate surface area is 164 Å². The lowest BCUT2D eigenvalue weighted by Gasteiger charge is -2.27. The number of fused-ring (bicyclic) bond motifs is 3. The van der Waals surface area contributed by atoms with Gasteiger partial charge in [0.15, 0.2) is 0 Å². The monoisotopic (exact) mass is 372 g/mol. The summed E-state index contributed by atoms with van der Waals surface area (Å²) in [5.41, 5.74) is 8.14. The molecular weight excluding hydrogens is 348 g/mol. The van der Waals surface area contributed by atoms with E-state index >= 15 is 0 Å². The lowest BCUT2D eigenvalue weighted by molar-refractivity contribution is 0.410. The molecule has 5 rings (SSSR count). The highest BCUT2D eigenvalue weighted by Gasteiger charge is 2.25. The number of thiophene rings is 1. The predicted octanol–water partition coefficient (Wildman–Crippen LogP) is 6.62. The minimum absolute atomic E-state index is 0.343. The highest BCUT2D eigenvalue weighted by molar-refractivity contribution is 7.08. The maximum Gasteiger partial charge on any atom is 0.0480 e. The number of H-pyrrole nitrogens is 1. The molecule has 0 fully saturated rings. The van der Waals surface area contributed by atoms with Gasteiger partial charge in [-0.15, -0.1) is 0 Å². The van der Waals surface area contributed by atoms with E-state index in [4.69, 9.17) is 0 Å². The molecule has 2 nitrogen and oxygen atoms in total. The first kappa shape index (κ1) is 16.8. The Kier molecular flexibility index (Phi) is 4.35. The molecular formula is C24H24N2S. The van der Waals surface area contributed by atoms with Gasteiger partial charge in [0.2, 0.25) is 0 Å². The molecule has 2 heterocycles. The Morgan fingerprint density at radius 2 is 1.96 bits per heavy atom. The maximum atomic E-state index is 3.86. The van der Waals surface area contributed by atoms with Gasteiger partial charge in [0.05, 0.1) is 0 Å². The summed E-state index contributed by atoms with van der Waals surface area (Å²) in [7, 11) is 0. The molecule has 136 valence electrons. The summed E-state index contributed by atoms with van der Waals surface area (Å²) >= 11 is 1.76. The zero-order valence-electron chi connectivity index (χ0n) is 15.5. The SMILES string of the molecule is CC(NC1CCCc2c1[nH]c1ccc(-c3ccsc3)cc21)c1ccccc1. The van der Waals surface area contributed by atoms with Crippen molar-refractivity contribution in [1.29, 1.82) is 0 Å².